The van der Waals surface area contributed by atoms with Crippen LogP contribution in [0.5, 0.6) is 0 Å². The average molecular weight is 238 g/mol. The number of nitrogens with one attached hydrogen (secondary N) is 1. The quantitative estimate of drug-likeness (QED) is 0.792. The molecule has 0 aromatic heterocycles. The molecular weight excluding hydrogens is 208 g/mol. The maximum absolute atomic E-state index is 3.60. The van der Waals surface area contributed by atoms with Crippen LogP contribution in [-0.4, -0.2) is 37.1 Å². The molecule has 100 valence electrons. The zero-order chi connectivity index (χ0) is 12.1. The van der Waals surface area contributed by atoms with Crippen LogP contribution in [0.4, 0.5) is 0 Å². The Morgan fingerprint density at radius 2 is 1.71 bits per heavy atom. The van der Waals surface area contributed by atoms with Crippen molar-refractivity contribution in [3.8, 4) is 0 Å². The molecule has 0 bridgehead atoms. The zero-order valence-corrected chi connectivity index (χ0v) is 11.8. The Balaban J connectivity index is 1.74. The average Bonchev–Trinajstić information content (AvgIpc) is 2.80. The molecule has 2 aliphatic rings. The van der Waals surface area contributed by atoms with Gasteiger partial charge in [-0.25, -0.2) is 0 Å². The highest BCUT2D eigenvalue weighted by Gasteiger charge is 2.36. The number of nitrogens with zero attached hydrogens (tertiary/aromatic N) is 1. The highest BCUT2D eigenvalue weighted by molar-refractivity contribution is 4.90. The molecule has 1 aliphatic carbocycles. The molecule has 2 rings (SSSR count). The highest BCUT2D eigenvalue weighted by atomic mass is 15.2. The van der Waals surface area contributed by atoms with Gasteiger partial charge in [0.05, 0.1) is 0 Å². The molecule has 2 heteroatoms. The fourth-order valence-electron chi connectivity index (χ4n) is 3.77. The van der Waals surface area contributed by atoms with E-state index in [9.17, 15) is 0 Å². The fourth-order valence-corrected chi connectivity index (χ4v) is 3.77. The third-order valence-electron chi connectivity index (χ3n) is 5.05. The summed E-state index contributed by atoms with van der Waals surface area (Å²) < 4.78 is 0. The maximum Gasteiger partial charge on any atom is 0.0192 e. The Morgan fingerprint density at radius 1 is 1.06 bits per heavy atom. The molecule has 1 N–H and O–H groups in total. The Kier molecular flexibility index (Phi) is 4.87. The van der Waals surface area contributed by atoms with Crippen molar-refractivity contribution in [1.29, 1.82) is 0 Å². The van der Waals surface area contributed by atoms with Crippen LogP contribution < -0.4 is 5.32 Å². The number of likely N-dealkylation sites (N-methyl/N-ethyl adjacent to an activating group) is 1. The van der Waals surface area contributed by atoms with Gasteiger partial charge in [0.25, 0.3) is 0 Å². The minimum absolute atomic E-state index is 0.706. The third-order valence-corrected chi connectivity index (χ3v) is 5.05. The highest BCUT2D eigenvalue weighted by Crippen LogP contribution is 2.46. The summed E-state index contributed by atoms with van der Waals surface area (Å²) >= 11 is 0. The first-order chi connectivity index (χ1) is 8.28. The first-order valence-corrected chi connectivity index (χ1v) is 7.74. The molecular formula is C15H30N2. The van der Waals surface area contributed by atoms with Crippen LogP contribution in [0.3, 0.4) is 0 Å². The van der Waals surface area contributed by atoms with Gasteiger partial charge >= 0.3 is 0 Å². The predicted molar refractivity (Wildman–Crippen MR) is 74.3 cm³/mol. The monoisotopic (exact) mass is 238 g/mol. The van der Waals surface area contributed by atoms with E-state index in [1.807, 2.05) is 0 Å². The van der Waals surface area contributed by atoms with Gasteiger partial charge in [-0.3, -0.25) is 0 Å². The number of rotatable bonds is 5. The van der Waals surface area contributed by atoms with Crippen LogP contribution in [-0.2, 0) is 0 Å². The molecule has 1 aliphatic heterocycles. The predicted octanol–water partition coefficient (Wildman–Crippen LogP) is 3.03. The second-order valence-corrected chi connectivity index (χ2v) is 6.17. The molecule has 1 unspecified atom stereocenters. The number of likely N-dealkylation sites (tertiary alicyclic amines) is 1. The van der Waals surface area contributed by atoms with E-state index in [0.29, 0.717) is 6.04 Å². The molecule has 0 aromatic carbocycles. The molecule has 0 radical (unpaired) electrons. The minimum Gasteiger partial charge on any atom is -0.313 e. The number of piperidine rings is 1. The van der Waals surface area contributed by atoms with Crippen molar-refractivity contribution >= 4 is 0 Å². The van der Waals surface area contributed by atoms with E-state index in [1.165, 1.54) is 64.6 Å². The first kappa shape index (κ1) is 13.4. The zero-order valence-electron chi connectivity index (χ0n) is 11.8. The fraction of sp³-hybridized carbons (Fsp3) is 1.00. The summed E-state index contributed by atoms with van der Waals surface area (Å²) in [7, 11) is 0. The Hall–Kier alpha value is -0.0800. The summed E-state index contributed by atoms with van der Waals surface area (Å²) in [6.07, 6.45) is 10.2. The van der Waals surface area contributed by atoms with E-state index in [2.05, 4.69) is 24.1 Å². The van der Waals surface area contributed by atoms with Crippen LogP contribution in [0.25, 0.3) is 0 Å². The molecule has 1 saturated heterocycles. The standard InChI is InChI=1S/C15H30N2/c1-3-14(16-4-2)13-17-11-9-15(10-12-17)7-5-6-8-15/h14,16H,3-13H2,1-2H3. The van der Waals surface area contributed by atoms with Gasteiger partial charge < -0.3 is 10.2 Å². The van der Waals surface area contributed by atoms with Crippen LogP contribution >= 0.6 is 0 Å². The Labute approximate surface area is 107 Å². The molecule has 0 amide bonds. The SMILES string of the molecule is CCNC(CC)CN1CCC2(CCCC2)CC1. The van der Waals surface area contributed by atoms with Crippen LogP contribution in [0.2, 0.25) is 0 Å². The van der Waals surface area contributed by atoms with Gasteiger partial charge in [0.2, 0.25) is 0 Å². The van der Waals surface area contributed by atoms with Gasteiger partial charge in [-0.1, -0.05) is 26.7 Å². The van der Waals surface area contributed by atoms with Crippen LogP contribution in [0.1, 0.15) is 58.8 Å². The summed E-state index contributed by atoms with van der Waals surface area (Å²) in [5.74, 6) is 0. The first-order valence-electron chi connectivity index (χ1n) is 7.74. The van der Waals surface area contributed by atoms with Gasteiger partial charge in [-0.05, 0) is 57.2 Å². The van der Waals surface area contributed by atoms with Crippen molar-refractivity contribution in [1.82, 2.24) is 10.2 Å². The van der Waals surface area contributed by atoms with Crippen LogP contribution in [0.15, 0.2) is 0 Å². The van der Waals surface area contributed by atoms with Gasteiger partial charge in [-0.2, -0.15) is 0 Å². The summed E-state index contributed by atoms with van der Waals surface area (Å²) in [4.78, 5) is 2.69. The lowest BCUT2D eigenvalue weighted by Gasteiger charge is -2.40. The molecule has 17 heavy (non-hydrogen) atoms. The number of hydrogen-bond acceptors (Lipinski definition) is 2. The van der Waals surface area contributed by atoms with E-state index in [0.717, 1.165) is 12.0 Å². The molecule has 1 heterocycles. The van der Waals surface area contributed by atoms with Crippen molar-refractivity contribution in [2.75, 3.05) is 26.2 Å². The second kappa shape index (κ2) is 6.19. The van der Waals surface area contributed by atoms with Crippen LogP contribution in [0, 0.1) is 5.41 Å². The summed E-state index contributed by atoms with van der Waals surface area (Å²) in [5, 5.41) is 3.60. The van der Waals surface area contributed by atoms with Crippen molar-refractivity contribution in [3.05, 3.63) is 0 Å². The van der Waals surface area contributed by atoms with Crippen molar-refractivity contribution in [2.24, 2.45) is 5.41 Å². The molecule has 0 aromatic rings. The van der Waals surface area contributed by atoms with Crippen molar-refractivity contribution in [2.45, 2.75) is 64.8 Å². The summed E-state index contributed by atoms with van der Waals surface area (Å²) in [6.45, 7) is 9.59. The number of hydrogen-bond donors (Lipinski definition) is 1. The summed E-state index contributed by atoms with van der Waals surface area (Å²) in [5.41, 5.74) is 0.774. The maximum atomic E-state index is 3.60. The Morgan fingerprint density at radius 3 is 2.24 bits per heavy atom. The smallest absolute Gasteiger partial charge is 0.0192 e. The topological polar surface area (TPSA) is 15.3 Å². The minimum atomic E-state index is 0.706. The van der Waals surface area contributed by atoms with Gasteiger partial charge in [-0.15, -0.1) is 0 Å². The van der Waals surface area contributed by atoms with Crippen molar-refractivity contribution in [3.63, 3.8) is 0 Å². The van der Waals surface area contributed by atoms with Gasteiger partial charge in [0.15, 0.2) is 0 Å². The van der Waals surface area contributed by atoms with Gasteiger partial charge in [0, 0.05) is 12.6 Å². The van der Waals surface area contributed by atoms with Crippen molar-refractivity contribution < 1.29 is 0 Å². The molecule has 1 spiro atoms. The second-order valence-electron chi connectivity index (χ2n) is 6.17. The van der Waals surface area contributed by atoms with E-state index >= 15 is 0 Å². The van der Waals surface area contributed by atoms with E-state index < -0.39 is 0 Å². The van der Waals surface area contributed by atoms with E-state index in [4.69, 9.17) is 0 Å². The third kappa shape index (κ3) is 3.45. The largest absolute Gasteiger partial charge is 0.313 e. The van der Waals surface area contributed by atoms with E-state index in [-0.39, 0.29) is 0 Å². The molecule has 2 fully saturated rings. The molecule has 1 atom stereocenters. The normalized spacial score (nSPS) is 26.5. The summed E-state index contributed by atoms with van der Waals surface area (Å²) in [6, 6.07) is 0.706. The molecule has 2 nitrogen and oxygen atoms in total. The Bertz CT molecular complexity index is 211. The lowest BCUT2D eigenvalue weighted by atomic mass is 9.77. The van der Waals surface area contributed by atoms with E-state index in [1.54, 1.807) is 0 Å². The molecule has 1 saturated carbocycles. The lowest BCUT2D eigenvalue weighted by molar-refractivity contribution is 0.100. The van der Waals surface area contributed by atoms with Gasteiger partial charge in [0.1, 0.15) is 0 Å². The lowest BCUT2D eigenvalue weighted by Crippen LogP contribution is -2.46.